The predicted octanol–water partition coefficient (Wildman–Crippen LogP) is 5.06. The molecule has 0 aliphatic heterocycles. The molecule has 1 aromatic heterocycles. The van der Waals surface area contributed by atoms with E-state index in [4.69, 9.17) is 4.42 Å². The largest absolute Gasteiger partial charge is 0.436 e. The Morgan fingerprint density at radius 2 is 1.84 bits per heavy atom. The average Bonchev–Trinajstić information content (AvgIpc) is 3.04. The normalized spacial score (nSPS) is 10.8. The maximum absolute atomic E-state index is 11.9. The van der Waals surface area contributed by atoms with Gasteiger partial charge in [-0.1, -0.05) is 13.3 Å². The van der Waals surface area contributed by atoms with E-state index in [1.54, 1.807) is 0 Å². The highest BCUT2D eigenvalue weighted by Gasteiger charge is 2.10. The Morgan fingerprint density at radius 1 is 1.08 bits per heavy atom. The third kappa shape index (κ3) is 4.18. The molecule has 0 aliphatic rings. The topological polar surface area (TPSA) is 67.2 Å². The van der Waals surface area contributed by atoms with Crippen LogP contribution < -0.4 is 10.6 Å². The highest BCUT2D eigenvalue weighted by atomic mass is 16.3. The van der Waals surface area contributed by atoms with Crippen LogP contribution in [0.4, 0.5) is 11.4 Å². The molecule has 1 heterocycles. The summed E-state index contributed by atoms with van der Waals surface area (Å²) in [6, 6.07) is 13.5. The van der Waals surface area contributed by atoms with Crippen molar-refractivity contribution in [1.82, 2.24) is 4.98 Å². The fourth-order valence-corrected chi connectivity index (χ4v) is 2.62. The monoisotopic (exact) mass is 337 g/mol. The number of fused-ring (bicyclic) bond motifs is 1. The van der Waals surface area contributed by atoms with Crippen LogP contribution in [0.25, 0.3) is 22.6 Å². The third-order valence-electron chi connectivity index (χ3n) is 3.94. The maximum atomic E-state index is 11.9. The molecule has 5 nitrogen and oxygen atoms in total. The molecule has 25 heavy (non-hydrogen) atoms. The van der Waals surface area contributed by atoms with Crippen LogP contribution in [0.5, 0.6) is 0 Å². The molecule has 0 unspecified atom stereocenters. The summed E-state index contributed by atoms with van der Waals surface area (Å²) >= 11 is 0. The Hall–Kier alpha value is -2.82. The Labute approximate surface area is 147 Å². The molecule has 3 rings (SSSR count). The number of amides is 1. The highest BCUT2D eigenvalue weighted by molar-refractivity contribution is 5.93. The summed E-state index contributed by atoms with van der Waals surface area (Å²) in [5, 5.41) is 6.17. The van der Waals surface area contributed by atoms with Crippen LogP contribution in [0.3, 0.4) is 0 Å². The minimum absolute atomic E-state index is 0.0314. The Bertz CT molecular complexity index is 853. The quantitative estimate of drug-likeness (QED) is 0.633. The standard InChI is InChI=1S/C20H23N3O2/c1-3-5-6-19(24)22-16-11-12-18-17(13-16)23-20(25-18)14-7-9-15(10-8-14)21-4-2/h7-13,21H,3-6H2,1-2H3,(H,22,24). The zero-order valence-electron chi connectivity index (χ0n) is 14.6. The predicted molar refractivity (Wildman–Crippen MR) is 102 cm³/mol. The Kier molecular flexibility index (Phi) is 5.33. The molecule has 3 aromatic rings. The fourth-order valence-electron chi connectivity index (χ4n) is 2.62. The lowest BCUT2D eigenvalue weighted by atomic mass is 10.2. The molecule has 0 saturated carbocycles. The van der Waals surface area contributed by atoms with Crippen molar-refractivity contribution in [3.8, 4) is 11.5 Å². The number of hydrogen-bond acceptors (Lipinski definition) is 4. The van der Waals surface area contributed by atoms with Gasteiger partial charge in [-0.3, -0.25) is 4.79 Å². The molecule has 0 saturated heterocycles. The van der Waals surface area contributed by atoms with Crippen LogP contribution in [0.2, 0.25) is 0 Å². The zero-order valence-corrected chi connectivity index (χ0v) is 14.6. The minimum Gasteiger partial charge on any atom is -0.436 e. The Morgan fingerprint density at radius 3 is 2.56 bits per heavy atom. The summed E-state index contributed by atoms with van der Waals surface area (Å²) in [5.74, 6) is 0.608. The van der Waals surface area contributed by atoms with Crippen molar-refractivity contribution in [2.45, 2.75) is 33.1 Å². The molecule has 0 aliphatic carbocycles. The van der Waals surface area contributed by atoms with Gasteiger partial charge >= 0.3 is 0 Å². The molecular weight excluding hydrogens is 314 g/mol. The number of hydrogen-bond donors (Lipinski definition) is 2. The van der Waals surface area contributed by atoms with Gasteiger partial charge in [-0.05, 0) is 55.8 Å². The van der Waals surface area contributed by atoms with E-state index >= 15 is 0 Å². The maximum Gasteiger partial charge on any atom is 0.227 e. The number of benzene rings is 2. The first kappa shape index (κ1) is 17.0. The van der Waals surface area contributed by atoms with E-state index in [9.17, 15) is 4.79 Å². The van der Waals surface area contributed by atoms with Crippen molar-refractivity contribution in [2.75, 3.05) is 17.2 Å². The number of anilines is 2. The second kappa shape index (κ2) is 7.83. The summed E-state index contributed by atoms with van der Waals surface area (Å²) in [6.07, 6.45) is 2.44. The summed E-state index contributed by atoms with van der Waals surface area (Å²) in [6.45, 7) is 5.02. The fraction of sp³-hybridized carbons (Fsp3) is 0.300. The van der Waals surface area contributed by atoms with Gasteiger partial charge in [-0.15, -0.1) is 0 Å². The molecule has 2 N–H and O–H groups in total. The molecule has 130 valence electrons. The van der Waals surface area contributed by atoms with Crippen molar-refractivity contribution >= 4 is 28.4 Å². The third-order valence-corrected chi connectivity index (χ3v) is 3.94. The van der Waals surface area contributed by atoms with E-state index in [-0.39, 0.29) is 5.91 Å². The molecule has 0 fully saturated rings. The van der Waals surface area contributed by atoms with Gasteiger partial charge in [0.05, 0.1) is 0 Å². The molecule has 0 radical (unpaired) electrons. The smallest absolute Gasteiger partial charge is 0.227 e. The molecule has 5 heteroatoms. The van der Waals surface area contributed by atoms with Gasteiger partial charge in [0.25, 0.3) is 0 Å². The Balaban J connectivity index is 1.79. The summed E-state index contributed by atoms with van der Waals surface area (Å²) < 4.78 is 5.83. The first-order valence-corrected chi connectivity index (χ1v) is 8.74. The van der Waals surface area contributed by atoms with Gasteiger partial charge < -0.3 is 15.1 Å². The van der Waals surface area contributed by atoms with Crippen LogP contribution in [0, 0.1) is 0 Å². The van der Waals surface area contributed by atoms with Crippen molar-refractivity contribution in [3.63, 3.8) is 0 Å². The van der Waals surface area contributed by atoms with Crippen LogP contribution in [0.1, 0.15) is 33.1 Å². The van der Waals surface area contributed by atoms with E-state index in [0.29, 0.717) is 17.9 Å². The van der Waals surface area contributed by atoms with E-state index in [1.807, 2.05) is 42.5 Å². The van der Waals surface area contributed by atoms with E-state index in [0.717, 1.165) is 41.8 Å². The first-order chi connectivity index (χ1) is 12.2. The number of unbranched alkanes of at least 4 members (excludes halogenated alkanes) is 1. The second-order valence-electron chi connectivity index (χ2n) is 5.96. The molecule has 1 amide bonds. The van der Waals surface area contributed by atoms with Crippen molar-refractivity contribution < 1.29 is 9.21 Å². The van der Waals surface area contributed by atoms with Gasteiger partial charge in [0, 0.05) is 29.9 Å². The summed E-state index contributed by atoms with van der Waals surface area (Å²) in [7, 11) is 0. The first-order valence-electron chi connectivity index (χ1n) is 8.74. The lowest BCUT2D eigenvalue weighted by Gasteiger charge is -2.03. The van der Waals surface area contributed by atoms with Crippen molar-refractivity contribution in [3.05, 3.63) is 42.5 Å². The van der Waals surface area contributed by atoms with Gasteiger partial charge in [0.1, 0.15) is 5.52 Å². The molecule has 0 atom stereocenters. The zero-order chi connectivity index (χ0) is 17.6. The van der Waals surface area contributed by atoms with E-state index < -0.39 is 0 Å². The number of nitrogens with zero attached hydrogens (tertiary/aromatic N) is 1. The SMILES string of the molecule is CCCCC(=O)Nc1ccc2oc(-c3ccc(NCC)cc3)nc2c1. The van der Waals surface area contributed by atoms with E-state index in [2.05, 4.69) is 29.5 Å². The van der Waals surface area contributed by atoms with Crippen LogP contribution in [0.15, 0.2) is 46.9 Å². The van der Waals surface area contributed by atoms with E-state index in [1.165, 1.54) is 0 Å². The molecule has 2 aromatic carbocycles. The van der Waals surface area contributed by atoms with Gasteiger partial charge in [0.2, 0.25) is 11.8 Å². The highest BCUT2D eigenvalue weighted by Crippen LogP contribution is 2.27. The summed E-state index contributed by atoms with van der Waals surface area (Å²) in [4.78, 5) is 16.4. The number of oxazole rings is 1. The summed E-state index contributed by atoms with van der Waals surface area (Å²) in [5.41, 5.74) is 4.18. The van der Waals surface area contributed by atoms with Gasteiger partial charge in [-0.25, -0.2) is 4.98 Å². The second-order valence-corrected chi connectivity index (χ2v) is 5.96. The van der Waals surface area contributed by atoms with Crippen LogP contribution >= 0.6 is 0 Å². The van der Waals surface area contributed by atoms with Crippen LogP contribution in [-0.2, 0) is 4.79 Å². The minimum atomic E-state index is 0.0314. The van der Waals surface area contributed by atoms with Crippen molar-refractivity contribution in [2.24, 2.45) is 0 Å². The number of aromatic nitrogens is 1. The average molecular weight is 337 g/mol. The lowest BCUT2D eigenvalue weighted by molar-refractivity contribution is -0.116. The lowest BCUT2D eigenvalue weighted by Crippen LogP contribution is -2.10. The molecule has 0 spiro atoms. The number of nitrogens with one attached hydrogen (secondary N) is 2. The number of carbonyl (C=O) groups is 1. The molecule has 0 bridgehead atoms. The molecular formula is C20H23N3O2. The number of carbonyl (C=O) groups excluding carboxylic acids is 1. The van der Waals surface area contributed by atoms with Gasteiger partial charge in [0.15, 0.2) is 5.58 Å². The number of rotatable bonds is 7. The van der Waals surface area contributed by atoms with Crippen molar-refractivity contribution in [1.29, 1.82) is 0 Å². The van der Waals surface area contributed by atoms with Gasteiger partial charge in [-0.2, -0.15) is 0 Å². The van der Waals surface area contributed by atoms with Crippen LogP contribution in [-0.4, -0.2) is 17.4 Å².